The van der Waals surface area contributed by atoms with Crippen molar-refractivity contribution in [3.8, 4) is 11.8 Å². The number of phenols is 1. The van der Waals surface area contributed by atoms with Crippen LogP contribution >= 0.6 is 11.6 Å². The van der Waals surface area contributed by atoms with E-state index in [1.54, 1.807) is 24.3 Å². The topological polar surface area (TPSA) is 158 Å². The number of hydrogen-bond acceptors (Lipinski definition) is 7. The van der Waals surface area contributed by atoms with Gasteiger partial charge in [0.2, 0.25) is 11.8 Å². The first kappa shape index (κ1) is 31.4. The Hall–Kier alpha value is -4.10. The van der Waals surface area contributed by atoms with Gasteiger partial charge in [0, 0.05) is 24.6 Å². The molecule has 1 saturated carbocycles. The standard InChI is InChI=1S/C30H35ClN4O6/c1-29(2)20(13-14-30(29,3)28(40)33-16-6-15-32)25(37)35-22(27(39)41-4)17-18-9-11-19(12-10-18)34-26(38)24-21(31)7-5-8-23(24)36/h5,7-12,20,22,36H,6,13-14,16-17H2,1-4H3,(H,33,40)(H,34,38)(H,35,37)/t20-,22+,30+/m1/s1. The van der Waals surface area contributed by atoms with E-state index in [9.17, 15) is 24.3 Å². The molecule has 3 atom stereocenters. The van der Waals surface area contributed by atoms with Crippen molar-refractivity contribution < 1.29 is 29.0 Å². The number of ether oxygens (including phenoxy) is 1. The number of carbonyl (C=O) groups excluding carboxylic acids is 4. The Labute approximate surface area is 244 Å². The summed E-state index contributed by atoms with van der Waals surface area (Å²) >= 11 is 6.05. The van der Waals surface area contributed by atoms with E-state index < -0.39 is 34.7 Å². The summed E-state index contributed by atoms with van der Waals surface area (Å²) in [6, 6.07) is 12.1. The van der Waals surface area contributed by atoms with Gasteiger partial charge >= 0.3 is 5.97 Å². The van der Waals surface area contributed by atoms with Crippen LogP contribution in [0, 0.1) is 28.1 Å². The predicted molar refractivity (Wildman–Crippen MR) is 153 cm³/mol. The lowest BCUT2D eigenvalue weighted by Crippen LogP contribution is -2.52. The van der Waals surface area contributed by atoms with Crippen LogP contribution in [0.2, 0.25) is 5.02 Å². The van der Waals surface area contributed by atoms with Crippen LogP contribution in [-0.2, 0) is 25.5 Å². The molecule has 2 aromatic carbocycles. The van der Waals surface area contributed by atoms with Gasteiger partial charge in [0.1, 0.15) is 17.4 Å². The first-order valence-corrected chi connectivity index (χ1v) is 13.6. The van der Waals surface area contributed by atoms with Crippen LogP contribution in [0.5, 0.6) is 5.75 Å². The van der Waals surface area contributed by atoms with Crippen molar-refractivity contribution in [3.05, 3.63) is 58.6 Å². The molecule has 0 aromatic heterocycles. The number of anilines is 1. The number of nitrogens with one attached hydrogen (secondary N) is 3. The lowest BCUT2D eigenvalue weighted by Gasteiger charge is -2.40. The number of benzene rings is 2. The lowest BCUT2D eigenvalue weighted by atomic mass is 9.65. The maximum atomic E-state index is 13.4. The number of carbonyl (C=O) groups is 4. The Morgan fingerprint density at radius 2 is 1.83 bits per heavy atom. The number of hydrogen-bond donors (Lipinski definition) is 4. The first-order valence-electron chi connectivity index (χ1n) is 13.3. The summed E-state index contributed by atoms with van der Waals surface area (Å²) in [5.41, 5.74) is -0.447. The zero-order valence-corrected chi connectivity index (χ0v) is 24.3. The van der Waals surface area contributed by atoms with Crippen molar-refractivity contribution >= 4 is 41.0 Å². The second-order valence-corrected chi connectivity index (χ2v) is 11.3. The lowest BCUT2D eigenvalue weighted by molar-refractivity contribution is -0.147. The van der Waals surface area contributed by atoms with E-state index >= 15 is 0 Å². The molecule has 0 radical (unpaired) electrons. The third-order valence-electron chi connectivity index (χ3n) is 8.24. The molecule has 3 amide bonds. The molecule has 0 heterocycles. The largest absolute Gasteiger partial charge is 0.507 e. The summed E-state index contributed by atoms with van der Waals surface area (Å²) < 4.78 is 4.94. The number of halogens is 1. The molecule has 3 rings (SSSR count). The monoisotopic (exact) mass is 582 g/mol. The van der Waals surface area contributed by atoms with Gasteiger partial charge in [-0.3, -0.25) is 14.4 Å². The van der Waals surface area contributed by atoms with Gasteiger partial charge in [-0.2, -0.15) is 5.26 Å². The molecule has 1 aliphatic carbocycles. The summed E-state index contributed by atoms with van der Waals surface area (Å²) in [7, 11) is 1.24. The maximum Gasteiger partial charge on any atom is 0.328 e. The third kappa shape index (κ3) is 6.80. The van der Waals surface area contributed by atoms with Gasteiger partial charge in [0.05, 0.1) is 30.0 Å². The van der Waals surface area contributed by atoms with Gasteiger partial charge in [-0.15, -0.1) is 0 Å². The molecule has 1 fully saturated rings. The number of methoxy groups -OCH3 is 1. The molecule has 10 nitrogen and oxygen atoms in total. The summed E-state index contributed by atoms with van der Waals surface area (Å²) in [6.07, 6.45) is 1.28. The van der Waals surface area contributed by atoms with E-state index in [0.29, 0.717) is 24.1 Å². The minimum atomic E-state index is -0.972. The molecule has 0 saturated heterocycles. The van der Waals surface area contributed by atoms with Gasteiger partial charge in [-0.05, 0) is 48.1 Å². The number of aromatic hydroxyl groups is 1. The fourth-order valence-electron chi connectivity index (χ4n) is 5.29. The molecule has 11 heteroatoms. The Morgan fingerprint density at radius 1 is 1.15 bits per heavy atom. The number of rotatable bonds is 10. The van der Waals surface area contributed by atoms with Crippen LogP contribution in [0.15, 0.2) is 42.5 Å². The van der Waals surface area contributed by atoms with E-state index in [1.165, 1.54) is 25.3 Å². The van der Waals surface area contributed by atoms with E-state index in [2.05, 4.69) is 16.0 Å². The first-order chi connectivity index (χ1) is 19.3. The fraction of sp³-hybridized carbons (Fsp3) is 0.433. The van der Waals surface area contributed by atoms with Crippen molar-refractivity contribution in [2.24, 2.45) is 16.7 Å². The molecule has 41 heavy (non-hydrogen) atoms. The molecule has 0 bridgehead atoms. The Bertz CT molecular complexity index is 1330. The van der Waals surface area contributed by atoms with Crippen molar-refractivity contribution in [1.82, 2.24) is 10.6 Å². The van der Waals surface area contributed by atoms with E-state index in [4.69, 9.17) is 21.6 Å². The van der Waals surface area contributed by atoms with E-state index in [1.807, 2.05) is 26.8 Å². The van der Waals surface area contributed by atoms with Crippen LogP contribution < -0.4 is 16.0 Å². The van der Waals surface area contributed by atoms with Crippen molar-refractivity contribution in [2.75, 3.05) is 19.0 Å². The van der Waals surface area contributed by atoms with E-state index in [0.717, 1.165) is 0 Å². The van der Waals surface area contributed by atoms with Crippen LogP contribution in [0.4, 0.5) is 5.69 Å². The average molecular weight is 583 g/mol. The van der Waals surface area contributed by atoms with Crippen LogP contribution in [0.1, 0.15) is 56.0 Å². The molecule has 2 aromatic rings. The maximum absolute atomic E-state index is 13.4. The zero-order chi connectivity index (χ0) is 30.4. The number of esters is 1. The molecule has 4 N–H and O–H groups in total. The van der Waals surface area contributed by atoms with Crippen molar-refractivity contribution in [1.29, 1.82) is 5.26 Å². The number of phenolic OH excluding ortho intramolecular Hbond substituents is 1. The minimum Gasteiger partial charge on any atom is -0.507 e. The molecular formula is C30H35ClN4O6. The molecule has 1 aliphatic rings. The zero-order valence-electron chi connectivity index (χ0n) is 23.5. The fourth-order valence-corrected chi connectivity index (χ4v) is 5.55. The van der Waals surface area contributed by atoms with Gasteiger partial charge < -0.3 is 25.8 Å². The molecular weight excluding hydrogens is 548 g/mol. The van der Waals surface area contributed by atoms with Gasteiger partial charge in [-0.25, -0.2) is 4.79 Å². The smallest absolute Gasteiger partial charge is 0.328 e. The number of nitriles is 1. The average Bonchev–Trinajstić information content (AvgIpc) is 3.18. The highest BCUT2D eigenvalue weighted by atomic mass is 35.5. The second-order valence-electron chi connectivity index (χ2n) is 10.9. The van der Waals surface area contributed by atoms with Crippen molar-refractivity contribution in [3.63, 3.8) is 0 Å². The molecule has 0 aliphatic heterocycles. The third-order valence-corrected chi connectivity index (χ3v) is 8.55. The number of amides is 3. The second kappa shape index (κ2) is 13.0. The summed E-state index contributed by atoms with van der Waals surface area (Å²) in [5.74, 6) is -2.51. The molecule has 0 unspecified atom stereocenters. The Morgan fingerprint density at radius 3 is 2.44 bits per heavy atom. The number of nitrogens with zero attached hydrogens (tertiary/aromatic N) is 1. The SMILES string of the molecule is COC(=O)[C@H](Cc1ccc(NC(=O)c2c(O)cccc2Cl)cc1)NC(=O)[C@H]1CC[C@@](C)(C(=O)NCCC#N)C1(C)C. The summed E-state index contributed by atoms with van der Waals surface area (Å²) in [6.45, 7) is 5.81. The van der Waals surface area contributed by atoms with E-state index in [-0.39, 0.29) is 47.5 Å². The summed E-state index contributed by atoms with van der Waals surface area (Å²) in [4.78, 5) is 51.6. The normalized spacial score (nSPS) is 19.9. The van der Waals surface area contributed by atoms with Crippen LogP contribution in [-0.4, -0.2) is 48.5 Å². The van der Waals surface area contributed by atoms with Gasteiger partial charge in [0.25, 0.3) is 5.91 Å². The minimum absolute atomic E-state index is 0.0442. The molecule has 0 spiro atoms. The Balaban J connectivity index is 1.69. The van der Waals surface area contributed by atoms with Crippen molar-refractivity contribution in [2.45, 2.75) is 52.5 Å². The van der Waals surface area contributed by atoms with Gasteiger partial charge in [-0.1, -0.05) is 50.6 Å². The predicted octanol–water partition coefficient (Wildman–Crippen LogP) is 3.97. The van der Waals surface area contributed by atoms with Gasteiger partial charge in [0.15, 0.2) is 0 Å². The highest BCUT2D eigenvalue weighted by Crippen LogP contribution is 2.56. The highest BCUT2D eigenvalue weighted by Gasteiger charge is 2.58. The van der Waals surface area contributed by atoms with Crippen LogP contribution in [0.3, 0.4) is 0 Å². The highest BCUT2D eigenvalue weighted by molar-refractivity contribution is 6.34. The summed E-state index contributed by atoms with van der Waals surface area (Å²) in [5, 5.41) is 27.2. The Kier molecular flexibility index (Phi) is 10.00. The molecule has 218 valence electrons. The van der Waals surface area contributed by atoms with Crippen LogP contribution in [0.25, 0.3) is 0 Å². The quantitative estimate of drug-likeness (QED) is 0.244.